The van der Waals surface area contributed by atoms with Crippen molar-refractivity contribution in [1.82, 2.24) is 20.4 Å². The van der Waals surface area contributed by atoms with Crippen LogP contribution in [0.25, 0.3) is 0 Å². The minimum absolute atomic E-state index is 0.174. The summed E-state index contributed by atoms with van der Waals surface area (Å²) in [5, 5.41) is 9.94. The first-order valence-electron chi connectivity index (χ1n) is 9.82. The molecule has 2 amide bonds. The lowest BCUT2D eigenvalue weighted by Crippen LogP contribution is -2.30. The Morgan fingerprint density at radius 1 is 1.29 bits per heavy atom. The third-order valence-electron chi connectivity index (χ3n) is 5.17. The normalized spacial score (nSPS) is 17.7. The number of benzene rings is 1. The summed E-state index contributed by atoms with van der Waals surface area (Å²) in [7, 11) is 1.55. The van der Waals surface area contributed by atoms with E-state index in [1.54, 1.807) is 17.8 Å². The summed E-state index contributed by atoms with van der Waals surface area (Å²) in [6, 6.07) is 11.2. The first-order chi connectivity index (χ1) is 13.6. The van der Waals surface area contributed by atoms with E-state index in [1.165, 1.54) is 0 Å². The van der Waals surface area contributed by atoms with Crippen LogP contribution in [0.2, 0.25) is 0 Å². The van der Waals surface area contributed by atoms with Crippen LogP contribution in [0.3, 0.4) is 0 Å². The quantitative estimate of drug-likeness (QED) is 0.768. The molecule has 0 radical (unpaired) electrons. The second kappa shape index (κ2) is 9.50. The van der Waals surface area contributed by atoms with Crippen LogP contribution >= 0.6 is 0 Å². The SMILES string of the molecule is CNC(=O)c1cc(C(=O)NCCC2CCCOC2)n([C@@H](C)c2ccccc2)n1. The lowest BCUT2D eigenvalue weighted by molar-refractivity contribution is 0.0514. The number of rotatable bonds is 7. The van der Waals surface area contributed by atoms with E-state index >= 15 is 0 Å². The maximum Gasteiger partial charge on any atom is 0.271 e. The number of carbonyl (C=O) groups is 2. The molecule has 1 unspecified atom stereocenters. The summed E-state index contributed by atoms with van der Waals surface area (Å²) >= 11 is 0. The van der Waals surface area contributed by atoms with E-state index in [2.05, 4.69) is 15.7 Å². The van der Waals surface area contributed by atoms with E-state index in [0.29, 0.717) is 18.2 Å². The van der Waals surface area contributed by atoms with Crippen molar-refractivity contribution in [1.29, 1.82) is 0 Å². The number of aromatic nitrogens is 2. The highest BCUT2D eigenvalue weighted by Crippen LogP contribution is 2.20. The monoisotopic (exact) mass is 384 g/mol. The zero-order chi connectivity index (χ0) is 19.9. The Kier molecular flexibility index (Phi) is 6.81. The number of nitrogens with one attached hydrogen (secondary N) is 2. The van der Waals surface area contributed by atoms with E-state index in [1.807, 2.05) is 37.3 Å². The Morgan fingerprint density at radius 2 is 2.07 bits per heavy atom. The molecular weight excluding hydrogens is 356 g/mol. The van der Waals surface area contributed by atoms with E-state index < -0.39 is 0 Å². The smallest absolute Gasteiger partial charge is 0.271 e. The number of hydrogen-bond donors (Lipinski definition) is 2. The molecule has 2 aromatic rings. The van der Waals surface area contributed by atoms with Crippen molar-refractivity contribution in [3.63, 3.8) is 0 Å². The molecule has 3 rings (SSSR count). The molecule has 1 saturated heterocycles. The molecule has 0 bridgehead atoms. The molecule has 28 heavy (non-hydrogen) atoms. The minimum atomic E-state index is -0.313. The molecule has 1 fully saturated rings. The number of ether oxygens (including phenoxy) is 1. The number of carbonyl (C=O) groups excluding carboxylic acids is 2. The Balaban J connectivity index is 1.74. The molecule has 2 heterocycles. The van der Waals surface area contributed by atoms with E-state index in [-0.39, 0.29) is 23.6 Å². The largest absolute Gasteiger partial charge is 0.381 e. The molecule has 0 aliphatic carbocycles. The van der Waals surface area contributed by atoms with Crippen molar-refractivity contribution in [2.24, 2.45) is 5.92 Å². The van der Waals surface area contributed by atoms with Gasteiger partial charge in [-0.1, -0.05) is 30.3 Å². The maximum atomic E-state index is 12.8. The Bertz CT molecular complexity index is 797. The fourth-order valence-corrected chi connectivity index (χ4v) is 3.49. The molecular formula is C21H28N4O3. The standard InChI is InChI=1S/C21H28N4O3/c1-15(17-8-4-3-5-9-17)25-19(13-18(24-25)20(26)22-2)21(27)23-11-10-16-7-6-12-28-14-16/h3-5,8-9,13,15-16H,6-7,10-12,14H2,1-2H3,(H,22,26)(H,23,27)/t15-,16?/m0/s1. The third kappa shape index (κ3) is 4.78. The van der Waals surface area contributed by atoms with Crippen LogP contribution in [0.15, 0.2) is 36.4 Å². The van der Waals surface area contributed by atoms with Crippen LogP contribution in [0.1, 0.15) is 58.8 Å². The van der Waals surface area contributed by atoms with Gasteiger partial charge in [-0.2, -0.15) is 5.10 Å². The lowest BCUT2D eigenvalue weighted by atomic mass is 9.99. The Morgan fingerprint density at radius 3 is 2.75 bits per heavy atom. The van der Waals surface area contributed by atoms with E-state index in [0.717, 1.165) is 38.0 Å². The van der Waals surface area contributed by atoms with Gasteiger partial charge in [-0.25, -0.2) is 0 Å². The van der Waals surface area contributed by atoms with Crippen molar-refractivity contribution in [3.05, 3.63) is 53.3 Å². The molecule has 1 aromatic carbocycles. The van der Waals surface area contributed by atoms with E-state index in [4.69, 9.17) is 4.74 Å². The average Bonchev–Trinajstić information content (AvgIpc) is 3.19. The van der Waals surface area contributed by atoms with Gasteiger partial charge in [0.05, 0.1) is 6.04 Å². The van der Waals surface area contributed by atoms with Gasteiger partial charge >= 0.3 is 0 Å². The lowest BCUT2D eigenvalue weighted by Gasteiger charge is -2.22. The fraction of sp³-hybridized carbons (Fsp3) is 0.476. The number of amides is 2. The van der Waals surface area contributed by atoms with Crippen molar-refractivity contribution in [3.8, 4) is 0 Å². The second-order valence-corrected chi connectivity index (χ2v) is 7.15. The van der Waals surface area contributed by atoms with Crippen LogP contribution in [-0.2, 0) is 4.74 Å². The van der Waals surface area contributed by atoms with Gasteiger partial charge in [-0.15, -0.1) is 0 Å². The summed E-state index contributed by atoms with van der Waals surface area (Å²) in [6.45, 7) is 4.14. The third-order valence-corrected chi connectivity index (χ3v) is 5.17. The van der Waals surface area contributed by atoms with Crippen molar-refractivity contribution in [2.45, 2.75) is 32.2 Å². The van der Waals surface area contributed by atoms with E-state index in [9.17, 15) is 9.59 Å². The summed E-state index contributed by atoms with van der Waals surface area (Å²) < 4.78 is 7.12. The molecule has 0 spiro atoms. The first-order valence-corrected chi connectivity index (χ1v) is 9.82. The molecule has 150 valence electrons. The molecule has 1 aliphatic rings. The summed E-state index contributed by atoms with van der Waals surface area (Å²) in [6.07, 6.45) is 3.10. The van der Waals surface area contributed by atoms with Gasteiger partial charge in [-0.05, 0) is 37.7 Å². The number of nitrogens with zero attached hydrogens (tertiary/aromatic N) is 2. The number of hydrogen-bond acceptors (Lipinski definition) is 4. The zero-order valence-corrected chi connectivity index (χ0v) is 16.5. The van der Waals surface area contributed by atoms with Crippen molar-refractivity contribution >= 4 is 11.8 Å². The van der Waals surface area contributed by atoms with Crippen molar-refractivity contribution < 1.29 is 14.3 Å². The average molecular weight is 384 g/mol. The van der Waals surface area contributed by atoms with Crippen LogP contribution < -0.4 is 10.6 Å². The van der Waals surface area contributed by atoms with Gasteiger partial charge in [0.15, 0.2) is 5.69 Å². The highest BCUT2D eigenvalue weighted by Gasteiger charge is 2.23. The molecule has 2 atom stereocenters. The molecule has 7 nitrogen and oxygen atoms in total. The first kappa shape index (κ1) is 20.1. The van der Waals surface area contributed by atoms with Crippen LogP contribution in [-0.4, -0.2) is 48.4 Å². The van der Waals surface area contributed by atoms with Gasteiger partial charge < -0.3 is 15.4 Å². The second-order valence-electron chi connectivity index (χ2n) is 7.15. The zero-order valence-electron chi connectivity index (χ0n) is 16.5. The van der Waals surface area contributed by atoms with Gasteiger partial charge in [0.1, 0.15) is 5.69 Å². The Hall–Kier alpha value is -2.67. The molecule has 7 heteroatoms. The summed E-state index contributed by atoms with van der Waals surface area (Å²) in [4.78, 5) is 24.9. The minimum Gasteiger partial charge on any atom is -0.381 e. The highest BCUT2D eigenvalue weighted by atomic mass is 16.5. The highest BCUT2D eigenvalue weighted by molar-refractivity contribution is 5.97. The molecule has 0 saturated carbocycles. The van der Waals surface area contributed by atoms with Crippen molar-refractivity contribution in [2.75, 3.05) is 26.8 Å². The maximum absolute atomic E-state index is 12.8. The Labute approximate surface area is 165 Å². The van der Waals surface area contributed by atoms with Gasteiger partial charge in [0.2, 0.25) is 0 Å². The van der Waals surface area contributed by atoms with Gasteiger partial charge in [-0.3, -0.25) is 14.3 Å². The predicted molar refractivity (Wildman–Crippen MR) is 106 cm³/mol. The van der Waals surface area contributed by atoms with Gasteiger partial charge in [0, 0.05) is 32.9 Å². The fourth-order valence-electron chi connectivity index (χ4n) is 3.49. The summed E-state index contributed by atoms with van der Waals surface area (Å²) in [5.41, 5.74) is 1.63. The van der Waals surface area contributed by atoms with Crippen LogP contribution in [0.4, 0.5) is 0 Å². The van der Waals surface area contributed by atoms with Crippen LogP contribution in [0, 0.1) is 5.92 Å². The van der Waals surface area contributed by atoms with Gasteiger partial charge in [0.25, 0.3) is 11.8 Å². The summed E-state index contributed by atoms with van der Waals surface area (Å²) in [5.74, 6) is -0.0433. The molecule has 2 N–H and O–H groups in total. The molecule has 1 aliphatic heterocycles. The predicted octanol–water partition coefficient (Wildman–Crippen LogP) is 2.40. The van der Waals surface area contributed by atoms with Crippen LogP contribution in [0.5, 0.6) is 0 Å². The topological polar surface area (TPSA) is 85.3 Å². The molecule has 1 aromatic heterocycles.